The molecule has 0 spiro atoms. The van der Waals surface area contributed by atoms with Crippen LogP contribution in [0.25, 0.3) is 0 Å². The van der Waals surface area contributed by atoms with E-state index in [0.717, 1.165) is 12.8 Å². The van der Waals surface area contributed by atoms with Crippen LogP contribution in [0.1, 0.15) is 23.2 Å². The van der Waals surface area contributed by atoms with E-state index >= 15 is 0 Å². The number of fused-ring (bicyclic) bond motifs is 1. The SMILES string of the molecule is O=C(COC(=O)c1ccc2c(c1)OCO2)Nc1ccc(S(=O)(=O)N2CCCC2)cc1. The Morgan fingerprint density at radius 2 is 1.70 bits per heavy atom. The Bertz CT molecular complexity index is 1060. The zero-order valence-electron chi connectivity index (χ0n) is 16.0. The monoisotopic (exact) mass is 432 g/mol. The van der Waals surface area contributed by atoms with Crippen molar-refractivity contribution in [1.82, 2.24) is 4.31 Å². The number of ether oxygens (including phenoxy) is 3. The number of esters is 1. The van der Waals surface area contributed by atoms with Crippen LogP contribution in [-0.4, -0.2) is 51.1 Å². The summed E-state index contributed by atoms with van der Waals surface area (Å²) in [5.41, 5.74) is 0.642. The number of carbonyl (C=O) groups is 2. The van der Waals surface area contributed by atoms with Gasteiger partial charge in [-0.1, -0.05) is 0 Å². The molecule has 1 amide bonds. The van der Waals surface area contributed by atoms with Gasteiger partial charge in [0, 0.05) is 18.8 Å². The Balaban J connectivity index is 1.31. The third-order valence-electron chi connectivity index (χ3n) is 4.78. The lowest BCUT2D eigenvalue weighted by atomic mass is 10.2. The molecule has 30 heavy (non-hydrogen) atoms. The largest absolute Gasteiger partial charge is 0.454 e. The molecule has 1 saturated heterocycles. The third kappa shape index (κ3) is 4.24. The highest BCUT2D eigenvalue weighted by atomic mass is 32.2. The number of amides is 1. The van der Waals surface area contributed by atoms with Crippen LogP contribution in [0.2, 0.25) is 0 Å². The number of nitrogens with one attached hydrogen (secondary N) is 1. The topological polar surface area (TPSA) is 111 Å². The van der Waals surface area contributed by atoms with Crippen LogP contribution < -0.4 is 14.8 Å². The summed E-state index contributed by atoms with van der Waals surface area (Å²) in [6, 6.07) is 10.5. The van der Waals surface area contributed by atoms with E-state index in [9.17, 15) is 18.0 Å². The number of hydrogen-bond acceptors (Lipinski definition) is 7. The Kier molecular flexibility index (Phi) is 5.60. The molecule has 1 fully saturated rings. The summed E-state index contributed by atoms with van der Waals surface area (Å²) in [6.07, 6.45) is 1.72. The molecule has 2 aliphatic heterocycles. The summed E-state index contributed by atoms with van der Waals surface area (Å²) in [5.74, 6) is -0.230. The predicted molar refractivity (Wildman–Crippen MR) is 106 cm³/mol. The second kappa shape index (κ2) is 8.33. The van der Waals surface area contributed by atoms with Crippen molar-refractivity contribution >= 4 is 27.6 Å². The fraction of sp³-hybridized carbons (Fsp3) is 0.300. The van der Waals surface area contributed by atoms with Crippen molar-refractivity contribution in [2.24, 2.45) is 0 Å². The maximum absolute atomic E-state index is 12.5. The van der Waals surface area contributed by atoms with Crippen LogP contribution in [0.4, 0.5) is 5.69 Å². The minimum Gasteiger partial charge on any atom is -0.454 e. The number of anilines is 1. The van der Waals surface area contributed by atoms with Gasteiger partial charge in [-0.15, -0.1) is 0 Å². The summed E-state index contributed by atoms with van der Waals surface area (Å²) in [4.78, 5) is 24.4. The van der Waals surface area contributed by atoms with Crippen molar-refractivity contribution in [2.75, 3.05) is 31.8 Å². The molecule has 2 aromatic carbocycles. The van der Waals surface area contributed by atoms with E-state index in [2.05, 4.69) is 5.32 Å². The quantitative estimate of drug-likeness (QED) is 0.695. The first kappa shape index (κ1) is 20.2. The van der Waals surface area contributed by atoms with Gasteiger partial charge in [0.05, 0.1) is 10.5 Å². The number of nitrogens with zero attached hydrogens (tertiary/aromatic N) is 1. The van der Waals surface area contributed by atoms with Gasteiger partial charge in [0.2, 0.25) is 16.8 Å². The second-order valence-corrected chi connectivity index (χ2v) is 8.77. The van der Waals surface area contributed by atoms with E-state index < -0.39 is 28.5 Å². The highest BCUT2D eigenvalue weighted by Crippen LogP contribution is 2.32. The zero-order chi connectivity index (χ0) is 21.1. The van der Waals surface area contributed by atoms with E-state index in [1.165, 1.54) is 40.7 Å². The average molecular weight is 432 g/mol. The van der Waals surface area contributed by atoms with Crippen molar-refractivity contribution in [3.05, 3.63) is 48.0 Å². The lowest BCUT2D eigenvalue weighted by molar-refractivity contribution is -0.119. The first-order valence-electron chi connectivity index (χ1n) is 9.40. The molecule has 1 N–H and O–H groups in total. The van der Waals surface area contributed by atoms with Crippen LogP contribution in [0.15, 0.2) is 47.4 Å². The maximum Gasteiger partial charge on any atom is 0.338 e. The van der Waals surface area contributed by atoms with Gasteiger partial charge in [-0.05, 0) is 55.3 Å². The Morgan fingerprint density at radius 1 is 1.00 bits per heavy atom. The normalized spacial score (nSPS) is 15.7. The highest BCUT2D eigenvalue weighted by molar-refractivity contribution is 7.89. The zero-order valence-corrected chi connectivity index (χ0v) is 16.8. The molecular formula is C20H20N2O7S. The van der Waals surface area contributed by atoms with Crippen molar-refractivity contribution in [3.63, 3.8) is 0 Å². The molecule has 0 saturated carbocycles. The molecule has 0 unspecified atom stereocenters. The van der Waals surface area contributed by atoms with Gasteiger partial charge < -0.3 is 19.5 Å². The Labute approximate surface area is 173 Å². The summed E-state index contributed by atoms with van der Waals surface area (Å²) < 4.78 is 41.9. The number of hydrogen-bond donors (Lipinski definition) is 1. The summed E-state index contributed by atoms with van der Waals surface area (Å²) >= 11 is 0. The van der Waals surface area contributed by atoms with Crippen molar-refractivity contribution in [2.45, 2.75) is 17.7 Å². The number of rotatable bonds is 6. The molecule has 0 radical (unpaired) electrons. The van der Waals surface area contributed by atoms with Crippen molar-refractivity contribution in [3.8, 4) is 11.5 Å². The van der Waals surface area contributed by atoms with Gasteiger partial charge in [0.1, 0.15) is 0 Å². The third-order valence-corrected chi connectivity index (χ3v) is 6.70. The van der Waals surface area contributed by atoms with Gasteiger partial charge in [-0.25, -0.2) is 13.2 Å². The van der Waals surface area contributed by atoms with Gasteiger partial charge in [-0.2, -0.15) is 4.31 Å². The fourth-order valence-corrected chi connectivity index (χ4v) is 4.74. The van der Waals surface area contributed by atoms with Gasteiger partial charge in [-0.3, -0.25) is 4.79 Å². The summed E-state index contributed by atoms with van der Waals surface area (Å²) in [7, 11) is -3.51. The minimum atomic E-state index is -3.51. The first-order valence-corrected chi connectivity index (χ1v) is 10.8. The van der Waals surface area contributed by atoms with Crippen LogP contribution in [-0.2, 0) is 19.6 Å². The Hall–Kier alpha value is -3.11. The van der Waals surface area contributed by atoms with Crippen LogP contribution in [0, 0.1) is 0 Å². The molecule has 10 heteroatoms. The van der Waals surface area contributed by atoms with Crippen molar-refractivity contribution < 1.29 is 32.2 Å². The summed E-state index contributed by atoms with van der Waals surface area (Å²) in [6.45, 7) is 0.653. The lowest BCUT2D eigenvalue weighted by Crippen LogP contribution is -2.27. The number of sulfonamides is 1. The molecule has 0 aromatic heterocycles. The predicted octanol–water partition coefficient (Wildman–Crippen LogP) is 2.00. The van der Waals surface area contributed by atoms with E-state index in [-0.39, 0.29) is 17.3 Å². The molecule has 0 atom stereocenters. The Morgan fingerprint density at radius 3 is 2.43 bits per heavy atom. The van der Waals surface area contributed by atoms with Crippen LogP contribution in [0.3, 0.4) is 0 Å². The maximum atomic E-state index is 12.5. The molecule has 2 aromatic rings. The molecule has 2 heterocycles. The van der Waals surface area contributed by atoms with Gasteiger partial charge in [0.25, 0.3) is 5.91 Å². The molecular weight excluding hydrogens is 412 g/mol. The molecule has 2 aliphatic rings. The van der Waals surface area contributed by atoms with E-state index in [1.54, 1.807) is 6.07 Å². The molecule has 158 valence electrons. The highest BCUT2D eigenvalue weighted by Gasteiger charge is 2.27. The van der Waals surface area contributed by atoms with E-state index in [1.807, 2.05) is 0 Å². The van der Waals surface area contributed by atoms with Gasteiger partial charge >= 0.3 is 5.97 Å². The molecule has 0 aliphatic carbocycles. The number of carbonyl (C=O) groups excluding carboxylic acids is 2. The van der Waals surface area contributed by atoms with Gasteiger partial charge in [0.15, 0.2) is 18.1 Å². The molecule has 0 bridgehead atoms. The summed E-state index contributed by atoms with van der Waals surface area (Å²) in [5, 5.41) is 2.57. The molecule has 4 rings (SSSR count). The fourth-order valence-electron chi connectivity index (χ4n) is 3.22. The number of benzene rings is 2. The minimum absolute atomic E-state index is 0.0916. The standard InChI is InChI=1S/C20H20N2O7S/c23-19(12-27-20(24)14-3-8-17-18(11-14)29-13-28-17)21-15-4-6-16(7-5-15)30(25,26)22-9-1-2-10-22/h3-8,11H,1-2,9-10,12-13H2,(H,21,23). The first-order chi connectivity index (χ1) is 14.4. The van der Waals surface area contributed by atoms with E-state index in [0.29, 0.717) is 30.3 Å². The van der Waals surface area contributed by atoms with Crippen LogP contribution >= 0.6 is 0 Å². The van der Waals surface area contributed by atoms with Crippen LogP contribution in [0.5, 0.6) is 11.5 Å². The molecule has 9 nitrogen and oxygen atoms in total. The average Bonchev–Trinajstić information content (AvgIpc) is 3.44. The van der Waals surface area contributed by atoms with E-state index in [4.69, 9.17) is 14.2 Å². The lowest BCUT2D eigenvalue weighted by Gasteiger charge is -2.15. The van der Waals surface area contributed by atoms with Crippen molar-refractivity contribution in [1.29, 1.82) is 0 Å². The smallest absolute Gasteiger partial charge is 0.338 e. The second-order valence-electron chi connectivity index (χ2n) is 6.83.